The summed E-state index contributed by atoms with van der Waals surface area (Å²) in [5, 5.41) is 94.7. The number of unbranched alkanes of at least 4 members (excludes halogenated alkanes) is 1. The third-order valence-electron chi connectivity index (χ3n) is 22.5. The normalized spacial score (nSPS) is 37.8. The van der Waals surface area contributed by atoms with Crippen LogP contribution in [-0.2, 0) is 31.8 Å². The van der Waals surface area contributed by atoms with Gasteiger partial charge < -0.3 is 64.0 Å². The van der Waals surface area contributed by atoms with Crippen molar-refractivity contribution in [3.05, 3.63) is 124 Å². The smallest absolute Gasteiger partial charge is 0.335 e. The van der Waals surface area contributed by atoms with Gasteiger partial charge in [-0.2, -0.15) is 5.26 Å². The van der Waals surface area contributed by atoms with Crippen LogP contribution in [0.25, 0.3) is 0 Å². The van der Waals surface area contributed by atoms with E-state index in [0.717, 1.165) is 92.2 Å². The van der Waals surface area contributed by atoms with Crippen LogP contribution in [0.2, 0.25) is 0 Å². The molecule has 5 bridgehead atoms. The van der Waals surface area contributed by atoms with Crippen molar-refractivity contribution in [3.63, 3.8) is 0 Å². The number of carboxylic acid groups (broad SMARTS) is 1. The van der Waals surface area contributed by atoms with E-state index in [1.165, 1.54) is 5.57 Å². The van der Waals surface area contributed by atoms with Crippen LogP contribution in [0, 0.1) is 75.6 Å². The van der Waals surface area contributed by atoms with Crippen molar-refractivity contribution >= 4 is 5.97 Å². The van der Waals surface area contributed by atoms with Crippen LogP contribution in [-0.4, -0.2) is 121 Å². The van der Waals surface area contributed by atoms with Crippen molar-refractivity contribution in [1.82, 2.24) is 4.57 Å². The highest BCUT2D eigenvalue weighted by Gasteiger charge is 2.76. The molecule has 0 radical (unpaired) electrons. The fraction of sp³-hybridized carbons (Fsp3) is 0.623. The molecule has 1 aromatic heterocycles. The molecule has 7 N–H and O–H groups in total. The second kappa shape index (κ2) is 23.7. The molecule has 450 valence electrons. The van der Waals surface area contributed by atoms with Crippen LogP contribution in [0.3, 0.4) is 0 Å². The fourth-order valence-corrected chi connectivity index (χ4v) is 19.3. The van der Waals surface area contributed by atoms with Gasteiger partial charge in [0.15, 0.2) is 5.60 Å². The Kier molecular flexibility index (Phi) is 16.6. The number of rotatable bonds is 19. The number of nitrogens with zero attached hydrogens (tertiary/aromatic N) is 2. The zero-order valence-electron chi connectivity index (χ0n) is 48.8. The second-order valence-corrected chi connectivity index (χ2v) is 26.7. The average Bonchev–Trinajstić information content (AvgIpc) is 1.49. The lowest BCUT2D eigenvalue weighted by molar-refractivity contribution is -0.338. The summed E-state index contributed by atoms with van der Waals surface area (Å²) in [5.74, 6) is 2.88. The van der Waals surface area contributed by atoms with Crippen molar-refractivity contribution in [1.29, 1.82) is 5.26 Å². The topological polar surface area (TPSA) is 234 Å². The van der Waals surface area contributed by atoms with Crippen molar-refractivity contribution in [3.8, 4) is 23.8 Å². The molecule has 0 unspecified atom stereocenters. The number of aromatic carboxylic acids is 1. The molecule has 19 atom stereocenters. The number of fused-ring (bicyclic) bond motifs is 9. The first-order chi connectivity index (χ1) is 40.7. The molecule has 0 amide bonds. The number of ether oxygens (including phenoxy) is 5. The van der Waals surface area contributed by atoms with Crippen molar-refractivity contribution < 1.29 is 64.2 Å². The Balaban J connectivity index is 1.00. The summed E-state index contributed by atoms with van der Waals surface area (Å²) >= 11 is 0. The number of carbonyl (C=O) groups is 1. The maximum Gasteiger partial charge on any atom is 0.335 e. The van der Waals surface area contributed by atoms with Crippen LogP contribution in [0.15, 0.2) is 96.6 Å². The molecular weight excluding hydrogens is 1060 g/mol. The zero-order chi connectivity index (χ0) is 58.7. The predicted octanol–water partition coefficient (Wildman–Crippen LogP) is 9.23. The fourth-order valence-electron chi connectivity index (χ4n) is 19.3. The highest BCUT2D eigenvalue weighted by atomic mass is 16.7. The van der Waals surface area contributed by atoms with Crippen LogP contribution in [0.1, 0.15) is 161 Å². The number of hydrogen-bond acceptors (Lipinski definition) is 13. The quantitative estimate of drug-likeness (QED) is 0.0438. The number of nitriles is 1. The molecule has 3 spiro atoms. The minimum absolute atomic E-state index is 0.0192. The highest BCUT2D eigenvalue weighted by molar-refractivity contribution is 5.87. The Morgan fingerprint density at radius 3 is 2.58 bits per heavy atom. The van der Waals surface area contributed by atoms with Gasteiger partial charge in [-0.15, -0.1) is 6.58 Å². The number of methoxy groups -OCH3 is 1. The molecule has 3 aromatic rings. The Bertz CT molecular complexity index is 3100. The molecule has 84 heavy (non-hydrogen) atoms. The van der Waals surface area contributed by atoms with E-state index in [9.17, 15) is 45.8 Å². The molecule has 15 heteroatoms. The van der Waals surface area contributed by atoms with E-state index < -0.39 is 71.4 Å². The number of aliphatic hydroxyl groups excluding tert-OH is 5. The predicted molar refractivity (Wildman–Crippen MR) is 312 cm³/mol. The van der Waals surface area contributed by atoms with Gasteiger partial charge in [0.2, 0.25) is 6.29 Å². The number of aliphatic hydroxyl groups is 6. The highest BCUT2D eigenvalue weighted by Crippen LogP contribution is 2.78. The van der Waals surface area contributed by atoms with E-state index in [-0.39, 0.29) is 92.0 Å². The molecule has 1 saturated heterocycles. The summed E-state index contributed by atoms with van der Waals surface area (Å²) in [6.07, 6.45) is 15.3. The van der Waals surface area contributed by atoms with Crippen LogP contribution in [0.4, 0.5) is 0 Å². The Morgan fingerprint density at radius 2 is 1.85 bits per heavy atom. The summed E-state index contributed by atoms with van der Waals surface area (Å²) < 4.78 is 36.3. The van der Waals surface area contributed by atoms with Crippen LogP contribution >= 0.6 is 0 Å². The summed E-state index contributed by atoms with van der Waals surface area (Å²) in [4.78, 5) is 12.1. The van der Waals surface area contributed by atoms with Crippen molar-refractivity contribution in [2.75, 3.05) is 26.9 Å². The lowest BCUT2D eigenvalue weighted by atomic mass is 9.43. The molecule has 5 fully saturated rings. The summed E-state index contributed by atoms with van der Waals surface area (Å²) in [6.45, 7) is 6.16. The summed E-state index contributed by atoms with van der Waals surface area (Å²) in [6, 6.07) is 16.7. The standard InChI is InChI=1S/C69H86N2O13/c1-4-6-11-44-17-20-46-30-48-33-66(40-67(79)34-53-52(43-15-18-45(19-16-43)64(77)78)24-22-50-12-7-26-68(50,53)62(48)67)54-35-69(84-60(44)58(46)66)63(76)59(75)61(57(14-8-28-72)81-29-9-13-56(54)74)83-65(69)82-51-23-21-42(10-5-2)47(32-51)31-49(39-80-3)55(38-73)71-27-25-41(36-70)37-71/h5,15-16,18-19,21,23,25,27,30,32,37,44,48-50,52-57,59,61-63,65,72-76,79H,2,4,6-8,10-14,17,20,22,24,26,28,31,33-35,38-40H2,1,3H3,(H,77,78)/t44-,48+,49-,50-,52+,53+,54+,55-,56+,57+,59-,61-,62-,63+,65+,66-,67+,68+,69-/m1/s1. The van der Waals surface area contributed by atoms with Crippen molar-refractivity contribution in [2.45, 2.75) is 189 Å². The number of benzene rings is 2. The lowest BCUT2D eigenvalue weighted by Crippen LogP contribution is -2.71. The first-order valence-electron chi connectivity index (χ1n) is 31.4. The van der Waals surface area contributed by atoms with Gasteiger partial charge in [0, 0.05) is 62.1 Å². The third kappa shape index (κ3) is 9.85. The molecule has 5 heterocycles. The van der Waals surface area contributed by atoms with E-state index in [4.69, 9.17) is 23.7 Å². The minimum Gasteiger partial charge on any atom is -0.482 e. The van der Waals surface area contributed by atoms with Crippen LogP contribution in [0.5, 0.6) is 5.75 Å². The first kappa shape index (κ1) is 58.9. The lowest BCUT2D eigenvalue weighted by Gasteiger charge is -2.61. The third-order valence-corrected chi connectivity index (χ3v) is 22.5. The minimum atomic E-state index is -1.86. The largest absolute Gasteiger partial charge is 0.482 e. The number of aromatic nitrogens is 1. The van der Waals surface area contributed by atoms with Gasteiger partial charge in [0.25, 0.3) is 0 Å². The number of hydrogen-bond donors (Lipinski definition) is 7. The van der Waals surface area contributed by atoms with Crippen molar-refractivity contribution in [2.24, 2.45) is 52.3 Å². The number of allylic oxidation sites excluding steroid dienone is 5. The van der Waals surface area contributed by atoms with Gasteiger partial charge in [0.1, 0.15) is 48.1 Å². The van der Waals surface area contributed by atoms with E-state index in [1.54, 1.807) is 37.7 Å². The molecule has 2 aromatic carbocycles. The second-order valence-electron chi connectivity index (χ2n) is 26.7. The van der Waals surface area contributed by atoms with Gasteiger partial charge >= 0.3 is 5.97 Å². The summed E-state index contributed by atoms with van der Waals surface area (Å²) in [5.41, 5.74) is 1.86. The molecule has 6 aliphatic carbocycles. The van der Waals surface area contributed by atoms with Gasteiger partial charge in [-0.25, -0.2) is 4.79 Å². The Morgan fingerprint density at radius 1 is 1.01 bits per heavy atom. The maximum atomic E-state index is 14.3. The molecule has 4 aliphatic heterocycles. The van der Waals surface area contributed by atoms with E-state index in [1.807, 2.05) is 41.0 Å². The number of carboxylic acids is 1. The monoisotopic (exact) mass is 1150 g/mol. The van der Waals surface area contributed by atoms with Gasteiger partial charge in [-0.1, -0.05) is 62.5 Å². The molecule has 15 nitrogen and oxygen atoms in total. The van der Waals surface area contributed by atoms with Gasteiger partial charge in [-0.05, 0) is 183 Å². The molecule has 13 rings (SSSR count). The first-order valence-corrected chi connectivity index (χ1v) is 31.4. The van der Waals surface area contributed by atoms with E-state index in [2.05, 4.69) is 37.7 Å². The molecule has 4 saturated carbocycles. The van der Waals surface area contributed by atoms with E-state index in [0.29, 0.717) is 49.3 Å². The van der Waals surface area contributed by atoms with Crippen LogP contribution < -0.4 is 4.74 Å². The molecule has 10 aliphatic rings. The SMILES string of the molecule is C=CCc1ccc(O[C@H]2O[C@H]3[C@@H](O)[C@H](O)[C@]24C[C@@H]([C@@H](O)CC#CO[C@H]3CCCO)[C@]23C[C@H](C=C5CC[C@@H](CCCC)C(=C52)O4)[C@@H]2[C@](O)(C[C@H]4[C@H](c5ccc(C(=O)O)cc5)CC[C@H]5CCC[C@@]524)C3)cc1C[C@H](COC)[C@@H](CO)n1ccc(C#N)c1. The summed E-state index contributed by atoms with van der Waals surface area (Å²) in [7, 11) is 1.62. The maximum absolute atomic E-state index is 14.3. The Labute approximate surface area is 494 Å². The Hall–Kier alpha value is -5.46. The molecular formula is C69H86N2O13. The van der Waals surface area contributed by atoms with E-state index >= 15 is 0 Å². The zero-order valence-corrected chi connectivity index (χ0v) is 48.8. The average molecular weight is 1150 g/mol. The van der Waals surface area contributed by atoms with Gasteiger partial charge in [-0.3, -0.25) is 0 Å². The van der Waals surface area contributed by atoms with Gasteiger partial charge in [0.05, 0.1) is 42.1 Å².